The second-order valence-electron chi connectivity index (χ2n) is 8.79. The average Bonchev–Trinajstić information content (AvgIpc) is 2.71. The molecule has 4 rings (SSSR count). The van der Waals surface area contributed by atoms with E-state index in [1.165, 1.54) is 0 Å². The number of carbonyl (C=O) groups is 2. The average molecular weight is 402 g/mol. The van der Waals surface area contributed by atoms with Crippen LogP contribution < -0.4 is 9.64 Å². The molecule has 30 heavy (non-hydrogen) atoms. The van der Waals surface area contributed by atoms with Crippen molar-refractivity contribution < 1.29 is 14.3 Å². The van der Waals surface area contributed by atoms with Gasteiger partial charge in [-0.05, 0) is 41.7 Å². The van der Waals surface area contributed by atoms with Gasteiger partial charge in [-0.3, -0.25) is 14.5 Å². The highest BCUT2D eigenvalue weighted by Gasteiger charge is 2.44. The molecule has 0 N–H and O–H groups in total. The minimum atomic E-state index is -0.218. The summed E-state index contributed by atoms with van der Waals surface area (Å²) in [5.41, 5.74) is 3.27. The van der Waals surface area contributed by atoms with E-state index < -0.39 is 0 Å². The van der Waals surface area contributed by atoms with Crippen LogP contribution in [0.2, 0.25) is 0 Å². The lowest BCUT2D eigenvalue weighted by Crippen LogP contribution is -2.43. The highest BCUT2D eigenvalue weighted by atomic mass is 16.5. The number of Topliss-reactive ketones (excluding diaryl/α,β-unsaturated/α-hetero) is 1. The van der Waals surface area contributed by atoms with E-state index >= 15 is 0 Å². The Morgan fingerprint density at radius 3 is 2.43 bits per heavy atom. The lowest BCUT2D eigenvalue weighted by atomic mass is 9.69. The van der Waals surface area contributed by atoms with Crippen LogP contribution in [0.15, 0.2) is 78.5 Å². The number of benzene rings is 2. The number of ketones is 1. The molecule has 0 saturated heterocycles. The molecule has 0 saturated carbocycles. The highest BCUT2D eigenvalue weighted by molar-refractivity contribution is 6.07. The van der Waals surface area contributed by atoms with Crippen molar-refractivity contribution in [2.24, 2.45) is 5.41 Å². The number of para-hydroxylation sites is 1. The van der Waals surface area contributed by atoms with Gasteiger partial charge in [0.15, 0.2) is 5.78 Å². The summed E-state index contributed by atoms with van der Waals surface area (Å²) in [6.45, 7) is 8.29. The summed E-state index contributed by atoms with van der Waals surface area (Å²) in [7, 11) is 0. The summed E-state index contributed by atoms with van der Waals surface area (Å²) in [4.78, 5) is 28.4. The monoisotopic (exact) mass is 401 g/mol. The second kappa shape index (κ2) is 7.94. The van der Waals surface area contributed by atoms with Gasteiger partial charge in [0.05, 0.1) is 0 Å². The van der Waals surface area contributed by atoms with Crippen LogP contribution in [0.1, 0.15) is 44.6 Å². The summed E-state index contributed by atoms with van der Waals surface area (Å²) in [6.07, 6.45) is 3.18. The van der Waals surface area contributed by atoms with Crippen molar-refractivity contribution in [1.82, 2.24) is 0 Å². The van der Waals surface area contributed by atoms with E-state index in [1.807, 2.05) is 54.6 Å². The maximum absolute atomic E-state index is 13.3. The number of amides is 1. The lowest BCUT2D eigenvalue weighted by Gasteiger charge is -2.43. The minimum Gasteiger partial charge on any atom is -0.490 e. The topological polar surface area (TPSA) is 46.6 Å². The first kappa shape index (κ1) is 20.1. The van der Waals surface area contributed by atoms with Crippen LogP contribution in [0.4, 0.5) is 5.69 Å². The Labute approximate surface area is 177 Å². The smallest absolute Gasteiger partial charge is 0.232 e. The van der Waals surface area contributed by atoms with E-state index in [0.29, 0.717) is 19.4 Å². The molecule has 2 aliphatic rings. The zero-order valence-electron chi connectivity index (χ0n) is 17.6. The van der Waals surface area contributed by atoms with E-state index in [9.17, 15) is 9.59 Å². The number of rotatable bonds is 5. The zero-order chi connectivity index (χ0) is 21.3. The first-order chi connectivity index (χ1) is 14.4. The number of hydrogen-bond acceptors (Lipinski definition) is 3. The van der Waals surface area contributed by atoms with Crippen molar-refractivity contribution >= 4 is 17.4 Å². The molecule has 1 aliphatic carbocycles. The molecule has 0 spiro atoms. The molecular formula is C26H27NO3. The maximum Gasteiger partial charge on any atom is 0.232 e. The van der Waals surface area contributed by atoms with E-state index in [1.54, 1.807) is 11.0 Å². The first-order valence-electron chi connectivity index (χ1n) is 10.4. The van der Waals surface area contributed by atoms with Gasteiger partial charge in [-0.2, -0.15) is 0 Å². The first-order valence-corrected chi connectivity index (χ1v) is 10.4. The van der Waals surface area contributed by atoms with E-state index in [0.717, 1.165) is 28.3 Å². The van der Waals surface area contributed by atoms with E-state index in [-0.39, 0.29) is 29.4 Å². The van der Waals surface area contributed by atoms with Gasteiger partial charge in [0.2, 0.25) is 5.91 Å². The van der Waals surface area contributed by atoms with E-state index in [4.69, 9.17) is 4.74 Å². The van der Waals surface area contributed by atoms with Gasteiger partial charge in [0, 0.05) is 35.7 Å². The molecule has 1 heterocycles. The molecule has 4 nitrogen and oxygen atoms in total. The fourth-order valence-corrected chi connectivity index (χ4v) is 4.53. The molecule has 2 aromatic rings. The molecule has 0 aromatic heterocycles. The van der Waals surface area contributed by atoms with Crippen LogP contribution in [-0.4, -0.2) is 18.3 Å². The van der Waals surface area contributed by atoms with Gasteiger partial charge >= 0.3 is 0 Å². The molecule has 1 aliphatic heterocycles. The molecule has 1 atom stereocenters. The van der Waals surface area contributed by atoms with Gasteiger partial charge < -0.3 is 4.74 Å². The summed E-state index contributed by atoms with van der Waals surface area (Å²) < 4.78 is 5.58. The highest BCUT2D eigenvalue weighted by Crippen LogP contribution is 2.48. The number of allylic oxidation sites excluding steroid dienone is 2. The maximum atomic E-state index is 13.3. The third kappa shape index (κ3) is 3.82. The molecule has 0 fully saturated rings. The van der Waals surface area contributed by atoms with Gasteiger partial charge in [-0.15, -0.1) is 0 Å². The predicted octanol–water partition coefficient (Wildman–Crippen LogP) is 5.42. The van der Waals surface area contributed by atoms with Crippen molar-refractivity contribution in [2.75, 3.05) is 11.5 Å². The van der Waals surface area contributed by atoms with Crippen LogP contribution in [0.25, 0.3) is 0 Å². The van der Waals surface area contributed by atoms with Crippen LogP contribution in [0, 0.1) is 5.41 Å². The fourth-order valence-electron chi connectivity index (χ4n) is 4.53. The molecule has 4 heteroatoms. The number of ether oxygens (including phenoxy) is 1. The fraction of sp³-hybridized carbons (Fsp3) is 0.308. The third-order valence-electron chi connectivity index (χ3n) is 5.81. The molecule has 0 radical (unpaired) electrons. The summed E-state index contributed by atoms with van der Waals surface area (Å²) in [5, 5.41) is 0. The number of carbonyl (C=O) groups excluding carboxylic acids is 2. The Kier molecular flexibility index (Phi) is 5.33. The molecule has 1 amide bonds. The van der Waals surface area contributed by atoms with Gasteiger partial charge in [0.25, 0.3) is 0 Å². The van der Waals surface area contributed by atoms with Crippen molar-refractivity contribution in [3.8, 4) is 5.75 Å². The number of nitrogens with zero attached hydrogens (tertiary/aromatic N) is 1. The quantitative estimate of drug-likeness (QED) is 0.629. The Morgan fingerprint density at radius 2 is 1.77 bits per heavy atom. The Hall–Kier alpha value is -3.14. The number of hydrogen-bond donors (Lipinski definition) is 0. The predicted molar refractivity (Wildman–Crippen MR) is 118 cm³/mol. The van der Waals surface area contributed by atoms with Crippen LogP contribution in [-0.2, 0) is 9.59 Å². The van der Waals surface area contributed by atoms with Crippen LogP contribution >= 0.6 is 0 Å². The number of anilines is 1. The zero-order valence-corrected chi connectivity index (χ0v) is 17.6. The molecule has 154 valence electrons. The van der Waals surface area contributed by atoms with Crippen molar-refractivity contribution in [2.45, 2.75) is 39.0 Å². The van der Waals surface area contributed by atoms with Gasteiger partial charge in [-0.1, -0.05) is 56.8 Å². The minimum absolute atomic E-state index is 0.0300. The summed E-state index contributed by atoms with van der Waals surface area (Å²) >= 11 is 0. The lowest BCUT2D eigenvalue weighted by molar-refractivity contribution is -0.121. The van der Waals surface area contributed by atoms with Crippen LogP contribution in [0.5, 0.6) is 5.75 Å². The standard InChI is InChI=1S/C26H27NO3/c1-4-14-30-20-12-10-18(11-13-20)21-15-24(29)27(19-8-6-5-7-9-19)22-16-26(2,3)17-23(28)25(21)22/h4-13,21H,1,14-17H2,2-3H3. The van der Waals surface area contributed by atoms with Crippen molar-refractivity contribution in [3.63, 3.8) is 0 Å². The van der Waals surface area contributed by atoms with Crippen molar-refractivity contribution in [1.29, 1.82) is 0 Å². The molecular weight excluding hydrogens is 374 g/mol. The largest absolute Gasteiger partial charge is 0.490 e. The Bertz CT molecular complexity index is 1000. The Balaban J connectivity index is 1.79. The Morgan fingerprint density at radius 1 is 1.07 bits per heavy atom. The van der Waals surface area contributed by atoms with Gasteiger partial charge in [-0.25, -0.2) is 0 Å². The van der Waals surface area contributed by atoms with Crippen molar-refractivity contribution in [3.05, 3.63) is 84.1 Å². The van der Waals surface area contributed by atoms with Gasteiger partial charge in [0.1, 0.15) is 12.4 Å². The normalized spacial score (nSPS) is 20.7. The van der Waals surface area contributed by atoms with Crippen LogP contribution in [0.3, 0.4) is 0 Å². The summed E-state index contributed by atoms with van der Waals surface area (Å²) in [5.74, 6) is 0.704. The third-order valence-corrected chi connectivity index (χ3v) is 5.81. The molecule has 2 aromatic carbocycles. The second-order valence-corrected chi connectivity index (χ2v) is 8.79. The molecule has 1 unspecified atom stereocenters. The SMILES string of the molecule is C=CCOc1ccc(C2CC(=O)N(c3ccccc3)C3=C2C(=O)CC(C)(C)C3)cc1. The van der Waals surface area contributed by atoms with E-state index in [2.05, 4.69) is 20.4 Å². The summed E-state index contributed by atoms with van der Waals surface area (Å²) in [6, 6.07) is 17.4. The molecule has 0 bridgehead atoms.